The second kappa shape index (κ2) is 6.71. The van der Waals surface area contributed by atoms with E-state index in [1.54, 1.807) is 7.11 Å². The number of hydrogen-bond acceptors (Lipinski definition) is 5. The summed E-state index contributed by atoms with van der Waals surface area (Å²) in [5, 5.41) is 3.57. The van der Waals surface area contributed by atoms with E-state index in [2.05, 4.69) is 54.5 Å². The van der Waals surface area contributed by atoms with E-state index in [1.165, 1.54) is 18.2 Å². The number of anilines is 1. The van der Waals surface area contributed by atoms with Gasteiger partial charge < -0.3 is 19.7 Å². The molecule has 0 aromatic heterocycles. The number of carbonyl (C=O) groups excluding carboxylic acids is 1. The maximum Gasteiger partial charge on any atom is 0.310 e. The number of hydrogen-bond donors (Lipinski definition) is 1. The smallest absolute Gasteiger partial charge is 0.310 e. The molecular formula is C22H28N2O3. The van der Waals surface area contributed by atoms with Crippen molar-refractivity contribution < 1.29 is 14.3 Å². The molecule has 0 radical (unpaired) electrons. The molecule has 1 fully saturated rings. The molecule has 1 aliphatic carbocycles. The van der Waals surface area contributed by atoms with Crippen molar-refractivity contribution in [1.82, 2.24) is 5.32 Å². The van der Waals surface area contributed by atoms with Crippen LogP contribution in [0, 0.1) is 11.8 Å². The first-order valence-corrected chi connectivity index (χ1v) is 9.61. The van der Waals surface area contributed by atoms with Crippen LogP contribution in [0.3, 0.4) is 0 Å². The first-order valence-electron chi connectivity index (χ1n) is 9.61. The fourth-order valence-electron chi connectivity index (χ4n) is 5.49. The van der Waals surface area contributed by atoms with E-state index in [0.29, 0.717) is 0 Å². The van der Waals surface area contributed by atoms with Crippen molar-refractivity contribution >= 4 is 11.7 Å². The summed E-state index contributed by atoms with van der Waals surface area (Å²) < 4.78 is 10.8. The molecule has 0 unspecified atom stereocenters. The number of fused-ring (bicyclic) bond motifs is 2. The lowest BCUT2D eigenvalue weighted by molar-refractivity contribution is -0.150. The molecule has 5 heteroatoms. The summed E-state index contributed by atoms with van der Waals surface area (Å²) in [5.41, 5.74) is 3.30. The van der Waals surface area contributed by atoms with Crippen LogP contribution in [0.1, 0.15) is 18.9 Å². The number of nitrogens with zero attached hydrogens (tertiary/aromatic N) is 1. The summed E-state index contributed by atoms with van der Waals surface area (Å²) in [7, 11) is 5.31. The van der Waals surface area contributed by atoms with Gasteiger partial charge in [-0.05, 0) is 31.5 Å². The predicted molar refractivity (Wildman–Crippen MR) is 106 cm³/mol. The summed E-state index contributed by atoms with van der Waals surface area (Å²) in [5.74, 6) is 0.535. The molecule has 1 aromatic rings. The van der Waals surface area contributed by atoms with Crippen molar-refractivity contribution in [3.05, 3.63) is 47.6 Å². The molecule has 1 N–H and O–H groups in total. The van der Waals surface area contributed by atoms with Crippen molar-refractivity contribution in [3.8, 4) is 5.75 Å². The monoisotopic (exact) mass is 368 g/mol. The Bertz CT molecular complexity index is 816. The number of likely N-dealkylation sites (N-methyl/N-ethyl adjacent to an activating group) is 1. The van der Waals surface area contributed by atoms with Gasteiger partial charge in [0.1, 0.15) is 5.75 Å². The van der Waals surface area contributed by atoms with Gasteiger partial charge in [0.15, 0.2) is 0 Å². The van der Waals surface area contributed by atoms with Crippen molar-refractivity contribution in [2.45, 2.75) is 24.8 Å². The van der Waals surface area contributed by atoms with Crippen LogP contribution in [0.4, 0.5) is 5.69 Å². The van der Waals surface area contributed by atoms with Crippen LogP contribution in [0.15, 0.2) is 42.0 Å². The molecular weight excluding hydrogens is 340 g/mol. The van der Waals surface area contributed by atoms with Crippen LogP contribution in [-0.2, 0) is 14.9 Å². The number of methoxy groups -OCH3 is 2. The van der Waals surface area contributed by atoms with Crippen molar-refractivity contribution in [1.29, 1.82) is 0 Å². The van der Waals surface area contributed by atoms with Crippen LogP contribution in [-0.4, -0.2) is 46.4 Å². The topological polar surface area (TPSA) is 50.8 Å². The molecule has 27 heavy (non-hydrogen) atoms. The largest absolute Gasteiger partial charge is 0.497 e. The van der Waals surface area contributed by atoms with E-state index in [9.17, 15) is 4.79 Å². The SMILES string of the molecule is CC=C1CNCC[C@]23c4ccc(OC)cc4N(C)[C@H]2C=C[C@H]1[C@H]3C(=O)OC. The van der Waals surface area contributed by atoms with Crippen LogP contribution >= 0.6 is 0 Å². The van der Waals surface area contributed by atoms with E-state index in [1.807, 2.05) is 6.07 Å². The maximum absolute atomic E-state index is 13.1. The molecule has 2 heterocycles. The van der Waals surface area contributed by atoms with E-state index in [-0.39, 0.29) is 29.3 Å². The number of esters is 1. The Hall–Kier alpha value is -2.27. The molecule has 5 nitrogen and oxygen atoms in total. The minimum atomic E-state index is -0.315. The zero-order chi connectivity index (χ0) is 19.2. The Morgan fingerprint density at radius 3 is 2.85 bits per heavy atom. The number of rotatable bonds is 2. The van der Waals surface area contributed by atoms with Gasteiger partial charge in [-0.2, -0.15) is 0 Å². The van der Waals surface area contributed by atoms with Crippen molar-refractivity contribution in [3.63, 3.8) is 0 Å². The van der Waals surface area contributed by atoms with Crippen LogP contribution < -0.4 is 15.0 Å². The number of ether oxygens (including phenoxy) is 2. The lowest BCUT2D eigenvalue weighted by Crippen LogP contribution is -2.57. The molecule has 1 aromatic carbocycles. The lowest BCUT2D eigenvalue weighted by Gasteiger charge is -2.49. The second-order valence-electron chi connectivity index (χ2n) is 7.68. The predicted octanol–water partition coefficient (Wildman–Crippen LogP) is 2.67. The van der Waals surface area contributed by atoms with Gasteiger partial charge in [0.25, 0.3) is 0 Å². The molecule has 4 rings (SSSR count). The molecule has 2 bridgehead atoms. The fourth-order valence-corrected chi connectivity index (χ4v) is 5.49. The third kappa shape index (κ3) is 2.44. The van der Waals surface area contributed by atoms with Gasteiger partial charge in [0, 0.05) is 36.7 Å². The highest BCUT2D eigenvalue weighted by Gasteiger charge is 2.60. The lowest BCUT2D eigenvalue weighted by atomic mass is 9.56. The third-order valence-electron chi connectivity index (χ3n) is 6.74. The van der Waals surface area contributed by atoms with Gasteiger partial charge in [-0.1, -0.05) is 29.9 Å². The standard InChI is InChI=1S/C22H28N2O3/c1-5-14-13-23-11-10-22-17-8-6-15(26-3)12-18(17)24(2)19(22)9-7-16(14)20(22)21(25)27-4/h5-9,12,16,19-20,23H,10-11,13H2,1-4H3/t16-,19+,20+,22+/m1/s1. The molecule has 1 spiro atoms. The molecule has 144 valence electrons. The summed E-state index contributed by atoms with van der Waals surface area (Å²) in [6, 6.07) is 6.36. The summed E-state index contributed by atoms with van der Waals surface area (Å²) in [4.78, 5) is 15.4. The van der Waals surface area contributed by atoms with Gasteiger partial charge in [-0.15, -0.1) is 0 Å². The summed E-state index contributed by atoms with van der Waals surface area (Å²) in [6.07, 6.45) is 7.54. The molecule has 0 saturated carbocycles. The number of benzene rings is 1. The molecule has 1 saturated heterocycles. The van der Waals surface area contributed by atoms with E-state index in [0.717, 1.165) is 30.9 Å². The first kappa shape index (κ1) is 18.1. The number of carbonyl (C=O) groups is 1. The Kier molecular flexibility index (Phi) is 4.50. The molecule has 3 aliphatic rings. The highest BCUT2D eigenvalue weighted by atomic mass is 16.5. The Morgan fingerprint density at radius 2 is 2.15 bits per heavy atom. The van der Waals surface area contributed by atoms with Crippen LogP contribution in [0.5, 0.6) is 5.75 Å². The zero-order valence-corrected chi connectivity index (χ0v) is 16.5. The van der Waals surface area contributed by atoms with Gasteiger partial charge in [0.2, 0.25) is 0 Å². The summed E-state index contributed by atoms with van der Waals surface area (Å²) in [6.45, 7) is 3.73. The maximum atomic E-state index is 13.1. The van der Waals surface area contributed by atoms with Crippen molar-refractivity contribution in [2.75, 3.05) is 39.3 Å². The van der Waals surface area contributed by atoms with E-state index < -0.39 is 0 Å². The quantitative estimate of drug-likeness (QED) is 0.642. The van der Waals surface area contributed by atoms with E-state index in [4.69, 9.17) is 9.47 Å². The van der Waals surface area contributed by atoms with Crippen molar-refractivity contribution in [2.24, 2.45) is 11.8 Å². The van der Waals surface area contributed by atoms with Gasteiger partial charge >= 0.3 is 5.97 Å². The second-order valence-corrected chi connectivity index (χ2v) is 7.68. The van der Waals surface area contributed by atoms with Gasteiger partial charge in [-0.25, -0.2) is 0 Å². The Morgan fingerprint density at radius 1 is 1.33 bits per heavy atom. The average molecular weight is 368 g/mol. The fraction of sp³-hybridized carbons (Fsp3) is 0.500. The molecule has 2 aliphatic heterocycles. The van der Waals surface area contributed by atoms with Gasteiger partial charge in [0.05, 0.1) is 26.2 Å². The van der Waals surface area contributed by atoms with Crippen LogP contribution in [0.25, 0.3) is 0 Å². The minimum Gasteiger partial charge on any atom is -0.497 e. The van der Waals surface area contributed by atoms with E-state index >= 15 is 0 Å². The first-order chi connectivity index (χ1) is 13.1. The highest BCUT2D eigenvalue weighted by Crippen LogP contribution is 2.57. The summed E-state index contributed by atoms with van der Waals surface area (Å²) >= 11 is 0. The molecule has 0 amide bonds. The highest BCUT2D eigenvalue weighted by molar-refractivity contribution is 5.81. The Labute approximate surface area is 161 Å². The number of nitrogens with one attached hydrogen (secondary N) is 1. The average Bonchev–Trinajstić information content (AvgIpc) is 2.94. The third-order valence-corrected chi connectivity index (χ3v) is 6.74. The Balaban J connectivity index is 1.97. The molecule has 4 atom stereocenters. The zero-order valence-electron chi connectivity index (χ0n) is 16.5. The minimum absolute atomic E-state index is 0.0490. The normalized spacial score (nSPS) is 33.1. The number of allylic oxidation sites excluding steroid dienone is 2. The van der Waals surface area contributed by atoms with Crippen LogP contribution in [0.2, 0.25) is 0 Å². The van der Waals surface area contributed by atoms with Gasteiger partial charge in [-0.3, -0.25) is 4.79 Å².